The molecular weight excluding hydrogens is 431 g/mol. The van der Waals surface area contributed by atoms with Gasteiger partial charge in [-0.1, -0.05) is 28.1 Å². The number of aromatic nitrogens is 2. The first-order valence-electron chi connectivity index (χ1n) is 9.16. The summed E-state index contributed by atoms with van der Waals surface area (Å²) in [4.78, 5) is 9.19. The fraction of sp³-hybridized carbons (Fsp3) is 0.333. The van der Waals surface area contributed by atoms with Crippen LogP contribution in [0.4, 0.5) is 19.0 Å². The first-order chi connectivity index (χ1) is 13.2. The molecule has 0 aliphatic heterocycles. The van der Waals surface area contributed by atoms with Crippen molar-refractivity contribution in [1.29, 1.82) is 0 Å². The van der Waals surface area contributed by atoms with Gasteiger partial charge in [-0.25, -0.2) is 9.97 Å². The number of aryl methyl sites for hydroxylation is 2. The molecule has 0 radical (unpaired) electrons. The van der Waals surface area contributed by atoms with E-state index in [1.807, 2.05) is 19.9 Å². The lowest BCUT2D eigenvalue weighted by Crippen LogP contribution is -2.12. The average Bonchev–Trinajstić information content (AvgIpc) is 3.13. The Hall–Kier alpha value is -2.15. The molecule has 0 saturated carbocycles. The van der Waals surface area contributed by atoms with Gasteiger partial charge < -0.3 is 5.32 Å². The molecule has 146 valence electrons. The van der Waals surface area contributed by atoms with E-state index in [4.69, 9.17) is 0 Å². The summed E-state index contributed by atoms with van der Waals surface area (Å²) in [7, 11) is 0. The van der Waals surface area contributed by atoms with Crippen molar-refractivity contribution in [3.05, 3.63) is 62.9 Å². The molecule has 0 fully saturated rings. The SMILES string of the molecule is Cc1nc(N[C@H](C)c2cccc(C(F)(F)F)c2)c2cc(Br)c3c(c2n1)CCC3. The zero-order chi connectivity index (χ0) is 20.1. The van der Waals surface area contributed by atoms with Crippen LogP contribution in [0.25, 0.3) is 10.9 Å². The minimum absolute atomic E-state index is 0.341. The third-order valence-corrected chi connectivity index (χ3v) is 5.90. The molecule has 1 aromatic heterocycles. The van der Waals surface area contributed by atoms with E-state index in [-0.39, 0.29) is 6.04 Å². The number of hydrogen-bond acceptors (Lipinski definition) is 3. The van der Waals surface area contributed by atoms with Gasteiger partial charge in [-0.15, -0.1) is 0 Å². The van der Waals surface area contributed by atoms with Crippen LogP contribution in [0.1, 0.15) is 47.5 Å². The van der Waals surface area contributed by atoms with Crippen LogP contribution in [-0.2, 0) is 19.0 Å². The number of halogens is 4. The van der Waals surface area contributed by atoms with Gasteiger partial charge >= 0.3 is 6.18 Å². The predicted octanol–water partition coefficient (Wildman–Crippen LogP) is 6.38. The van der Waals surface area contributed by atoms with Crippen LogP contribution in [0.15, 0.2) is 34.8 Å². The Morgan fingerprint density at radius 1 is 1.11 bits per heavy atom. The van der Waals surface area contributed by atoms with Crippen molar-refractivity contribution >= 4 is 32.7 Å². The van der Waals surface area contributed by atoms with Crippen molar-refractivity contribution < 1.29 is 13.2 Å². The molecule has 0 amide bonds. The van der Waals surface area contributed by atoms with Gasteiger partial charge in [0.05, 0.1) is 11.1 Å². The normalized spacial score (nSPS) is 14.9. The van der Waals surface area contributed by atoms with E-state index < -0.39 is 11.7 Å². The molecule has 1 aliphatic rings. The van der Waals surface area contributed by atoms with E-state index >= 15 is 0 Å². The van der Waals surface area contributed by atoms with Gasteiger partial charge in [0.25, 0.3) is 0 Å². The molecule has 3 aromatic rings. The first kappa shape index (κ1) is 19.2. The first-order valence-corrected chi connectivity index (χ1v) is 9.95. The van der Waals surface area contributed by atoms with Crippen LogP contribution in [-0.4, -0.2) is 9.97 Å². The largest absolute Gasteiger partial charge is 0.416 e. The highest BCUT2D eigenvalue weighted by Crippen LogP contribution is 2.38. The van der Waals surface area contributed by atoms with Crippen molar-refractivity contribution in [3.63, 3.8) is 0 Å². The molecule has 0 bridgehead atoms. The molecule has 28 heavy (non-hydrogen) atoms. The molecule has 1 aliphatic carbocycles. The second kappa shape index (κ2) is 7.03. The van der Waals surface area contributed by atoms with E-state index in [2.05, 4.69) is 31.2 Å². The van der Waals surface area contributed by atoms with E-state index in [0.29, 0.717) is 17.2 Å². The summed E-state index contributed by atoms with van der Waals surface area (Å²) in [5.41, 5.74) is 3.37. The van der Waals surface area contributed by atoms with Crippen LogP contribution < -0.4 is 5.32 Å². The number of rotatable bonds is 3. The summed E-state index contributed by atoms with van der Waals surface area (Å²) in [5.74, 6) is 1.28. The highest BCUT2D eigenvalue weighted by Gasteiger charge is 2.30. The zero-order valence-electron chi connectivity index (χ0n) is 15.5. The topological polar surface area (TPSA) is 37.8 Å². The maximum Gasteiger partial charge on any atom is 0.416 e. The summed E-state index contributed by atoms with van der Waals surface area (Å²) in [6.45, 7) is 3.67. The number of alkyl halides is 3. The van der Waals surface area contributed by atoms with Crippen molar-refractivity contribution in [2.75, 3.05) is 5.32 Å². The quantitative estimate of drug-likeness (QED) is 0.503. The average molecular weight is 450 g/mol. The lowest BCUT2D eigenvalue weighted by atomic mass is 10.0. The third-order valence-electron chi connectivity index (χ3n) is 5.19. The summed E-state index contributed by atoms with van der Waals surface area (Å²) >= 11 is 3.66. The van der Waals surface area contributed by atoms with Crippen LogP contribution in [0.2, 0.25) is 0 Å². The maximum absolute atomic E-state index is 13.0. The van der Waals surface area contributed by atoms with Crippen molar-refractivity contribution in [2.45, 2.75) is 45.3 Å². The smallest absolute Gasteiger partial charge is 0.363 e. The number of hydrogen-bond donors (Lipinski definition) is 1. The summed E-state index contributed by atoms with van der Waals surface area (Å²) in [5, 5.41) is 4.19. The Labute approximate surface area is 169 Å². The Morgan fingerprint density at radius 2 is 1.86 bits per heavy atom. The second-order valence-electron chi connectivity index (χ2n) is 7.17. The minimum atomic E-state index is -4.36. The molecule has 0 spiro atoms. The molecule has 0 saturated heterocycles. The maximum atomic E-state index is 13.0. The highest BCUT2D eigenvalue weighted by atomic mass is 79.9. The third kappa shape index (κ3) is 3.48. The fourth-order valence-electron chi connectivity index (χ4n) is 3.81. The van der Waals surface area contributed by atoms with Crippen LogP contribution in [0, 0.1) is 6.92 Å². The molecule has 1 heterocycles. The zero-order valence-corrected chi connectivity index (χ0v) is 17.1. The van der Waals surface area contributed by atoms with Crippen molar-refractivity contribution in [2.24, 2.45) is 0 Å². The summed E-state index contributed by atoms with van der Waals surface area (Å²) in [6, 6.07) is 7.06. The Morgan fingerprint density at radius 3 is 2.61 bits per heavy atom. The Balaban J connectivity index is 1.75. The minimum Gasteiger partial charge on any atom is -0.363 e. The van der Waals surface area contributed by atoms with Crippen molar-refractivity contribution in [1.82, 2.24) is 9.97 Å². The molecular formula is C21H19BrF3N3. The van der Waals surface area contributed by atoms with Gasteiger partial charge in [0.2, 0.25) is 0 Å². The molecule has 1 atom stereocenters. The van der Waals surface area contributed by atoms with Gasteiger partial charge in [-0.3, -0.25) is 0 Å². The van der Waals surface area contributed by atoms with Crippen LogP contribution in [0.5, 0.6) is 0 Å². The Bertz CT molecular complexity index is 1060. The number of benzene rings is 2. The van der Waals surface area contributed by atoms with Gasteiger partial charge in [-0.2, -0.15) is 13.2 Å². The molecule has 3 nitrogen and oxygen atoms in total. The molecule has 2 aromatic carbocycles. The number of fused-ring (bicyclic) bond motifs is 3. The van der Waals surface area contributed by atoms with E-state index in [1.165, 1.54) is 23.3 Å². The van der Waals surface area contributed by atoms with Crippen molar-refractivity contribution in [3.8, 4) is 0 Å². The fourth-order valence-corrected chi connectivity index (χ4v) is 4.48. The van der Waals surface area contributed by atoms with Gasteiger partial charge in [0, 0.05) is 15.9 Å². The second-order valence-corrected chi connectivity index (χ2v) is 8.03. The lowest BCUT2D eigenvalue weighted by Gasteiger charge is -2.19. The molecule has 0 unspecified atom stereocenters. The summed E-state index contributed by atoms with van der Waals surface area (Å²) < 4.78 is 40.2. The van der Waals surface area contributed by atoms with E-state index in [0.717, 1.165) is 40.7 Å². The van der Waals surface area contributed by atoms with Crippen LogP contribution >= 0.6 is 15.9 Å². The predicted molar refractivity (Wildman–Crippen MR) is 107 cm³/mol. The monoisotopic (exact) mass is 449 g/mol. The van der Waals surface area contributed by atoms with E-state index in [1.54, 1.807) is 6.07 Å². The highest BCUT2D eigenvalue weighted by molar-refractivity contribution is 9.10. The summed E-state index contributed by atoms with van der Waals surface area (Å²) in [6.07, 6.45) is -1.26. The van der Waals surface area contributed by atoms with Gasteiger partial charge in [0.15, 0.2) is 0 Å². The standard InChI is InChI=1S/C21H19BrF3N3/c1-11(13-5-3-6-14(9-13)21(23,24)25)26-20-17-10-18(22)15-7-4-8-16(15)19(17)27-12(2)28-20/h3,5-6,9-11H,4,7-8H2,1-2H3,(H,26,27,28)/t11-/m1/s1. The lowest BCUT2D eigenvalue weighted by molar-refractivity contribution is -0.137. The van der Waals surface area contributed by atoms with Crippen LogP contribution in [0.3, 0.4) is 0 Å². The van der Waals surface area contributed by atoms with Gasteiger partial charge in [-0.05, 0) is 68.0 Å². The number of nitrogens with zero attached hydrogens (tertiary/aromatic N) is 2. The van der Waals surface area contributed by atoms with E-state index in [9.17, 15) is 13.2 Å². The molecule has 1 N–H and O–H groups in total. The van der Waals surface area contributed by atoms with Gasteiger partial charge in [0.1, 0.15) is 11.6 Å². The number of nitrogens with one attached hydrogen (secondary N) is 1. The Kier molecular flexibility index (Phi) is 4.81. The number of anilines is 1. The molecule has 7 heteroatoms. The molecule has 4 rings (SSSR count).